The summed E-state index contributed by atoms with van der Waals surface area (Å²) >= 11 is 6.00. The quantitative estimate of drug-likeness (QED) is 0.709. The summed E-state index contributed by atoms with van der Waals surface area (Å²) < 4.78 is 5.45. The first kappa shape index (κ1) is 23.4. The number of morpholine rings is 1. The van der Waals surface area contributed by atoms with Crippen molar-refractivity contribution in [2.45, 2.75) is 32.2 Å². The van der Waals surface area contributed by atoms with Crippen LogP contribution in [0, 0.1) is 5.92 Å². The van der Waals surface area contributed by atoms with Gasteiger partial charge in [0.05, 0.1) is 13.2 Å². The van der Waals surface area contributed by atoms with Gasteiger partial charge in [-0.3, -0.25) is 9.69 Å². The number of hydrogen-bond acceptors (Lipinski definition) is 4. The van der Waals surface area contributed by atoms with Crippen LogP contribution in [0.1, 0.15) is 25.3 Å². The number of carboxylic acid groups (broad SMARTS) is 1. The number of likely N-dealkylation sites (tertiary alicyclic amines) is 1. The maximum absolute atomic E-state index is 12.4. The van der Waals surface area contributed by atoms with E-state index in [1.54, 1.807) is 0 Å². The van der Waals surface area contributed by atoms with Crippen LogP contribution in [-0.2, 0) is 16.0 Å². The number of amides is 2. The Morgan fingerprint density at radius 1 is 1.31 bits per heavy atom. The van der Waals surface area contributed by atoms with E-state index in [0.29, 0.717) is 18.5 Å². The second-order valence-corrected chi connectivity index (χ2v) is 7.87. The van der Waals surface area contributed by atoms with E-state index in [1.807, 2.05) is 29.2 Å². The molecule has 162 valence electrons. The summed E-state index contributed by atoms with van der Waals surface area (Å²) in [5.74, 6) is 0.670. The van der Waals surface area contributed by atoms with Gasteiger partial charge < -0.3 is 20.1 Å². The first-order chi connectivity index (χ1) is 14.0. The summed E-state index contributed by atoms with van der Waals surface area (Å²) in [6, 6.07) is 8.44. The highest BCUT2D eigenvalue weighted by Crippen LogP contribution is 2.24. The SMILES string of the molecule is CC(C1CCN(C(=O)NCCc2cccc(Cl)c2)CC1)N1CCOCC1.O=CO. The minimum absolute atomic E-state index is 0.0597. The van der Waals surface area contributed by atoms with Gasteiger partial charge >= 0.3 is 6.03 Å². The van der Waals surface area contributed by atoms with E-state index in [9.17, 15) is 4.79 Å². The van der Waals surface area contributed by atoms with Crippen molar-refractivity contribution in [3.63, 3.8) is 0 Å². The van der Waals surface area contributed by atoms with Crippen molar-refractivity contribution in [3.05, 3.63) is 34.9 Å². The number of benzene rings is 1. The number of ether oxygens (including phenoxy) is 1. The lowest BCUT2D eigenvalue weighted by molar-refractivity contribution is -0.122. The van der Waals surface area contributed by atoms with Crippen molar-refractivity contribution in [2.75, 3.05) is 45.9 Å². The van der Waals surface area contributed by atoms with Gasteiger partial charge in [-0.05, 0) is 49.8 Å². The van der Waals surface area contributed by atoms with E-state index in [-0.39, 0.29) is 12.5 Å². The van der Waals surface area contributed by atoms with Gasteiger partial charge in [0.15, 0.2) is 0 Å². The Morgan fingerprint density at radius 3 is 2.59 bits per heavy atom. The third-order valence-electron chi connectivity index (χ3n) is 5.71. The van der Waals surface area contributed by atoms with Crippen molar-refractivity contribution in [2.24, 2.45) is 5.92 Å². The fraction of sp³-hybridized carbons (Fsp3) is 0.619. The standard InChI is InChI=1S/C20H30ClN3O2.CH2O2/c1-16(23-11-13-26-14-12-23)18-6-9-24(10-7-18)20(25)22-8-5-17-3-2-4-19(21)15-17;2-1-3/h2-4,15-16,18H,5-14H2,1H3,(H,22,25);1H,(H,2,3). The van der Waals surface area contributed by atoms with Crippen molar-refractivity contribution in [3.8, 4) is 0 Å². The Labute approximate surface area is 178 Å². The largest absolute Gasteiger partial charge is 0.483 e. The van der Waals surface area contributed by atoms with Crippen LogP contribution in [0.15, 0.2) is 24.3 Å². The number of nitrogens with zero attached hydrogens (tertiary/aromatic N) is 2. The molecule has 0 bridgehead atoms. The Kier molecular flexibility index (Phi) is 10.2. The van der Waals surface area contributed by atoms with Gasteiger partial charge in [0, 0.05) is 43.8 Å². The van der Waals surface area contributed by atoms with Gasteiger partial charge in [0.2, 0.25) is 0 Å². The van der Waals surface area contributed by atoms with Gasteiger partial charge in [-0.25, -0.2) is 4.79 Å². The highest BCUT2D eigenvalue weighted by atomic mass is 35.5. The van der Waals surface area contributed by atoms with Crippen LogP contribution in [0.5, 0.6) is 0 Å². The van der Waals surface area contributed by atoms with Gasteiger partial charge in [0.25, 0.3) is 6.47 Å². The Balaban J connectivity index is 0.000000941. The fourth-order valence-electron chi connectivity index (χ4n) is 3.99. The van der Waals surface area contributed by atoms with Crippen LogP contribution >= 0.6 is 11.6 Å². The van der Waals surface area contributed by atoms with Crippen molar-refractivity contribution in [1.29, 1.82) is 0 Å². The number of carbonyl (C=O) groups excluding carboxylic acids is 1. The number of rotatable bonds is 5. The summed E-state index contributed by atoms with van der Waals surface area (Å²) in [6.45, 7) is 8.18. The number of hydrogen-bond donors (Lipinski definition) is 2. The predicted octanol–water partition coefficient (Wildman–Crippen LogP) is 2.73. The fourth-order valence-corrected chi connectivity index (χ4v) is 4.20. The molecule has 1 aromatic carbocycles. The zero-order valence-corrected chi connectivity index (χ0v) is 17.8. The van der Waals surface area contributed by atoms with E-state index in [4.69, 9.17) is 26.2 Å². The molecule has 29 heavy (non-hydrogen) atoms. The van der Waals surface area contributed by atoms with Crippen LogP contribution in [0.2, 0.25) is 5.02 Å². The van der Waals surface area contributed by atoms with E-state index in [2.05, 4.69) is 17.1 Å². The summed E-state index contributed by atoms with van der Waals surface area (Å²) in [5.41, 5.74) is 1.15. The molecule has 1 aromatic rings. The monoisotopic (exact) mass is 425 g/mol. The smallest absolute Gasteiger partial charge is 0.317 e. The molecular formula is C21H32ClN3O4. The van der Waals surface area contributed by atoms with Gasteiger partial charge in [-0.15, -0.1) is 0 Å². The zero-order valence-electron chi connectivity index (χ0n) is 17.1. The minimum Gasteiger partial charge on any atom is -0.483 e. The average Bonchev–Trinajstić information content (AvgIpc) is 2.74. The minimum atomic E-state index is -0.250. The maximum atomic E-state index is 12.4. The Morgan fingerprint density at radius 2 is 1.97 bits per heavy atom. The molecule has 0 spiro atoms. The molecule has 2 heterocycles. The first-order valence-corrected chi connectivity index (χ1v) is 10.6. The number of urea groups is 1. The number of halogens is 1. The second-order valence-electron chi connectivity index (χ2n) is 7.43. The van der Waals surface area contributed by atoms with E-state index in [0.717, 1.165) is 69.2 Å². The predicted molar refractivity (Wildman–Crippen MR) is 113 cm³/mol. The molecule has 2 aliphatic rings. The van der Waals surface area contributed by atoms with Gasteiger partial charge in [-0.1, -0.05) is 23.7 Å². The molecular weight excluding hydrogens is 394 g/mol. The second kappa shape index (κ2) is 12.7. The normalized spacial score (nSPS) is 19.0. The van der Waals surface area contributed by atoms with Crippen LogP contribution < -0.4 is 5.32 Å². The van der Waals surface area contributed by atoms with Gasteiger partial charge in [-0.2, -0.15) is 0 Å². The van der Waals surface area contributed by atoms with Gasteiger partial charge in [0.1, 0.15) is 0 Å². The molecule has 2 N–H and O–H groups in total. The summed E-state index contributed by atoms with van der Waals surface area (Å²) in [7, 11) is 0. The molecule has 2 fully saturated rings. The molecule has 7 nitrogen and oxygen atoms in total. The Hall–Kier alpha value is -1.83. The number of piperidine rings is 1. The van der Waals surface area contributed by atoms with Crippen LogP contribution in [-0.4, -0.2) is 79.4 Å². The van der Waals surface area contributed by atoms with Crippen molar-refractivity contribution >= 4 is 24.1 Å². The molecule has 2 aliphatic heterocycles. The van der Waals surface area contributed by atoms with E-state index in [1.165, 1.54) is 0 Å². The third kappa shape index (κ3) is 7.84. The molecule has 3 rings (SSSR count). The molecule has 8 heteroatoms. The molecule has 0 aromatic heterocycles. The summed E-state index contributed by atoms with van der Waals surface area (Å²) in [5, 5.41) is 10.7. The topological polar surface area (TPSA) is 82.1 Å². The van der Waals surface area contributed by atoms with Crippen LogP contribution in [0.25, 0.3) is 0 Å². The molecule has 2 saturated heterocycles. The molecule has 2 amide bonds. The molecule has 0 saturated carbocycles. The lowest BCUT2D eigenvalue weighted by atomic mass is 9.89. The molecule has 1 unspecified atom stereocenters. The number of nitrogens with one attached hydrogen (secondary N) is 1. The lowest BCUT2D eigenvalue weighted by Crippen LogP contribution is -2.50. The molecule has 1 atom stereocenters. The average molecular weight is 426 g/mol. The van der Waals surface area contributed by atoms with E-state index < -0.39 is 0 Å². The van der Waals surface area contributed by atoms with Crippen molar-refractivity contribution < 1.29 is 19.4 Å². The Bertz CT molecular complexity index is 632. The maximum Gasteiger partial charge on any atom is 0.317 e. The van der Waals surface area contributed by atoms with Crippen molar-refractivity contribution in [1.82, 2.24) is 15.1 Å². The highest BCUT2D eigenvalue weighted by molar-refractivity contribution is 6.30. The van der Waals surface area contributed by atoms with Crippen LogP contribution in [0.3, 0.4) is 0 Å². The molecule has 0 aliphatic carbocycles. The highest BCUT2D eigenvalue weighted by Gasteiger charge is 2.29. The lowest BCUT2D eigenvalue weighted by Gasteiger charge is -2.41. The molecule has 0 radical (unpaired) electrons. The first-order valence-electron chi connectivity index (χ1n) is 10.2. The summed E-state index contributed by atoms with van der Waals surface area (Å²) in [6.07, 6.45) is 2.97. The summed E-state index contributed by atoms with van der Waals surface area (Å²) in [4.78, 5) is 25.3. The van der Waals surface area contributed by atoms with Crippen LogP contribution in [0.4, 0.5) is 4.79 Å². The zero-order chi connectivity index (χ0) is 21.1. The third-order valence-corrected chi connectivity index (χ3v) is 5.94. The van der Waals surface area contributed by atoms with E-state index >= 15 is 0 Å². The number of carbonyl (C=O) groups is 2.